The van der Waals surface area contributed by atoms with Crippen LogP contribution in [0, 0.1) is 5.92 Å². The van der Waals surface area contributed by atoms with Crippen LogP contribution in [-0.2, 0) is 0 Å². The summed E-state index contributed by atoms with van der Waals surface area (Å²) in [6.45, 7) is 9.80. The van der Waals surface area contributed by atoms with E-state index in [1.807, 2.05) is 17.8 Å². The first-order valence-electron chi connectivity index (χ1n) is 5.54. The van der Waals surface area contributed by atoms with E-state index in [4.69, 9.17) is 0 Å². The van der Waals surface area contributed by atoms with Crippen LogP contribution in [0.25, 0.3) is 0 Å². The van der Waals surface area contributed by atoms with E-state index in [1.165, 1.54) is 19.3 Å². The van der Waals surface area contributed by atoms with Crippen molar-refractivity contribution in [2.75, 3.05) is 6.26 Å². The lowest BCUT2D eigenvalue weighted by Gasteiger charge is -2.25. The highest BCUT2D eigenvalue weighted by Gasteiger charge is 2.56. The molecule has 1 aliphatic rings. The maximum absolute atomic E-state index is 3.91. The molecule has 1 aliphatic carbocycles. The molecule has 0 aromatic rings. The van der Waals surface area contributed by atoms with Gasteiger partial charge in [0, 0.05) is 10.9 Å². The van der Waals surface area contributed by atoms with E-state index < -0.39 is 0 Å². The molecule has 0 radical (unpaired) electrons. The standard InChI is InChI=1S/C12H22N2S/c1-5-8-10-9-12(10,15-4)11(6-2)14-13-7-3/h6-7,10-11,13-14H,2-3,5,8-9H2,1,4H3/t10?,11?,12-/m0/s1. The number of hydrazine groups is 1. The van der Waals surface area contributed by atoms with Crippen LogP contribution in [-0.4, -0.2) is 17.0 Å². The van der Waals surface area contributed by atoms with E-state index in [0.717, 1.165) is 5.92 Å². The predicted molar refractivity (Wildman–Crippen MR) is 69.7 cm³/mol. The van der Waals surface area contributed by atoms with E-state index in [2.05, 4.69) is 37.2 Å². The Morgan fingerprint density at radius 3 is 2.80 bits per heavy atom. The predicted octanol–water partition coefficient (Wildman–Crippen LogP) is 2.70. The fourth-order valence-electron chi connectivity index (χ4n) is 2.31. The summed E-state index contributed by atoms with van der Waals surface area (Å²) in [5.41, 5.74) is 6.23. The summed E-state index contributed by atoms with van der Waals surface area (Å²) in [5, 5.41) is 0. The van der Waals surface area contributed by atoms with Gasteiger partial charge in [0.2, 0.25) is 0 Å². The van der Waals surface area contributed by atoms with Crippen molar-refractivity contribution in [3.8, 4) is 0 Å². The van der Waals surface area contributed by atoms with Crippen LogP contribution < -0.4 is 10.9 Å². The van der Waals surface area contributed by atoms with Crippen molar-refractivity contribution in [3.63, 3.8) is 0 Å². The van der Waals surface area contributed by atoms with Crippen LogP contribution >= 0.6 is 11.8 Å². The lowest BCUT2D eigenvalue weighted by atomic mass is 10.1. The number of hydrogen-bond acceptors (Lipinski definition) is 3. The first kappa shape index (κ1) is 12.7. The second-order valence-electron chi connectivity index (χ2n) is 4.05. The van der Waals surface area contributed by atoms with Gasteiger partial charge in [0.25, 0.3) is 0 Å². The zero-order valence-corrected chi connectivity index (χ0v) is 10.6. The molecule has 0 heterocycles. The van der Waals surface area contributed by atoms with Crippen LogP contribution in [0.4, 0.5) is 0 Å². The van der Waals surface area contributed by atoms with Gasteiger partial charge in [-0.05, 0) is 25.0 Å². The van der Waals surface area contributed by atoms with Crippen LogP contribution in [0.2, 0.25) is 0 Å². The first-order valence-corrected chi connectivity index (χ1v) is 6.77. The molecule has 1 saturated carbocycles. The third kappa shape index (κ3) is 2.58. The second kappa shape index (κ2) is 5.61. The zero-order chi connectivity index (χ0) is 11.3. The summed E-state index contributed by atoms with van der Waals surface area (Å²) in [6.07, 6.45) is 9.75. The van der Waals surface area contributed by atoms with E-state index in [0.29, 0.717) is 10.8 Å². The number of nitrogens with one attached hydrogen (secondary N) is 2. The Kier molecular flexibility index (Phi) is 4.74. The zero-order valence-electron chi connectivity index (χ0n) is 9.75. The van der Waals surface area contributed by atoms with E-state index in [-0.39, 0.29) is 0 Å². The Balaban J connectivity index is 2.56. The molecule has 2 N–H and O–H groups in total. The summed E-state index contributed by atoms with van der Waals surface area (Å²) in [5.74, 6) is 0.833. The average Bonchev–Trinajstić information content (AvgIpc) is 2.95. The summed E-state index contributed by atoms with van der Waals surface area (Å²) >= 11 is 1.96. The van der Waals surface area contributed by atoms with Crippen LogP contribution in [0.1, 0.15) is 26.2 Å². The van der Waals surface area contributed by atoms with Gasteiger partial charge in [-0.2, -0.15) is 11.8 Å². The maximum atomic E-state index is 3.91. The molecular formula is C12H22N2S. The molecule has 0 saturated heterocycles. The minimum atomic E-state index is 0.321. The Hall–Kier alpha value is -0.410. The first-order chi connectivity index (χ1) is 7.25. The average molecular weight is 226 g/mol. The van der Waals surface area contributed by atoms with E-state index >= 15 is 0 Å². The Morgan fingerprint density at radius 1 is 1.60 bits per heavy atom. The Labute approximate surface area is 97.6 Å². The molecule has 15 heavy (non-hydrogen) atoms. The molecule has 0 aromatic carbocycles. The van der Waals surface area contributed by atoms with Gasteiger partial charge in [-0.25, -0.2) is 5.43 Å². The molecule has 3 atom stereocenters. The van der Waals surface area contributed by atoms with Gasteiger partial charge in [-0.3, -0.25) is 0 Å². The number of thioether (sulfide) groups is 1. The molecule has 0 bridgehead atoms. The highest BCUT2D eigenvalue weighted by molar-refractivity contribution is 8.00. The lowest BCUT2D eigenvalue weighted by Crippen LogP contribution is -2.45. The molecular weight excluding hydrogens is 204 g/mol. The number of rotatable bonds is 8. The maximum Gasteiger partial charge on any atom is 0.0587 e. The van der Waals surface area contributed by atoms with Gasteiger partial charge in [0.05, 0.1) is 6.04 Å². The van der Waals surface area contributed by atoms with Crippen molar-refractivity contribution in [2.45, 2.75) is 37.0 Å². The summed E-state index contributed by atoms with van der Waals surface area (Å²) < 4.78 is 0.355. The molecule has 2 unspecified atom stereocenters. The van der Waals surface area contributed by atoms with Crippen molar-refractivity contribution < 1.29 is 0 Å². The summed E-state index contributed by atoms with van der Waals surface area (Å²) in [7, 11) is 0. The van der Waals surface area contributed by atoms with Gasteiger partial charge >= 0.3 is 0 Å². The van der Waals surface area contributed by atoms with Crippen LogP contribution in [0.5, 0.6) is 0 Å². The van der Waals surface area contributed by atoms with Gasteiger partial charge in [0.1, 0.15) is 0 Å². The normalized spacial score (nSPS) is 30.7. The quantitative estimate of drug-likeness (QED) is 0.491. The second-order valence-corrected chi connectivity index (χ2v) is 5.22. The van der Waals surface area contributed by atoms with Crippen LogP contribution in [0.3, 0.4) is 0 Å². The fourth-order valence-corrected chi connectivity index (χ4v) is 3.54. The summed E-state index contributed by atoms with van der Waals surface area (Å²) in [4.78, 5) is 0. The molecule has 0 spiro atoms. The lowest BCUT2D eigenvalue weighted by molar-refractivity contribution is 0.493. The minimum absolute atomic E-state index is 0.321. The Morgan fingerprint density at radius 2 is 2.33 bits per heavy atom. The monoisotopic (exact) mass is 226 g/mol. The molecule has 0 aromatic heterocycles. The molecule has 0 amide bonds. The third-order valence-corrected chi connectivity index (χ3v) is 4.73. The van der Waals surface area contributed by atoms with E-state index in [9.17, 15) is 0 Å². The molecule has 86 valence electrons. The highest BCUT2D eigenvalue weighted by Crippen LogP contribution is 2.57. The van der Waals surface area contributed by atoms with Crippen LogP contribution in [0.15, 0.2) is 25.4 Å². The highest BCUT2D eigenvalue weighted by atomic mass is 32.2. The third-order valence-electron chi connectivity index (χ3n) is 3.22. The SMILES string of the molecule is C=CNNC(C=C)[C@]1(SC)CC1CCC. The Bertz CT molecular complexity index is 230. The van der Waals surface area contributed by atoms with Crippen molar-refractivity contribution in [1.82, 2.24) is 10.9 Å². The molecule has 1 rings (SSSR count). The van der Waals surface area contributed by atoms with Crippen molar-refractivity contribution >= 4 is 11.8 Å². The molecule has 0 aliphatic heterocycles. The van der Waals surface area contributed by atoms with Gasteiger partial charge in [-0.15, -0.1) is 6.58 Å². The summed E-state index contributed by atoms with van der Waals surface area (Å²) in [6, 6.07) is 0.321. The van der Waals surface area contributed by atoms with Gasteiger partial charge < -0.3 is 5.43 Å². The molecule has 2 nitrogen and oxygen atoms in total. The van der Waals surface area contributed by atoms with Gasteiger partial charge in [-0.1, -0.05) is 26.0 Å². The van der Waals surface area contributed by atoms with Crippen molar-refractivity contribution in [1.29, 1.82) is 0 Å². The fraction of sp³-hybridized carbons (Fsp3) is 0.667. The van der Waals surface area contributed by atoms with Gasteiger partial charge in [0.15, 0.2) is 0 Å². The molecule has 1 fully saturated rings. The number of hydrogen-bond donors (Lipinski definition) is 2. The smallest absolute Gasteiger partial charge is 0.0587 e. The topological polar surface area (TPSA) is 24.1 Å². The minimum Gasteiger partial charge on any atom is -0.329 e. The molecule has 3 heteroatoms. The van der Waals surface area contributed by atoms with Crippen molar-refractivity contribution in [3.05, 3.63) is 25.4 Å². The largest absolute Gasteiger partial charge is 0.329 e. The van der Waals surface area contributed by atoms with E-state index in [1.54, 1.807) is 6.20 Å². The van der Waals surface area contributed by atoms with Crippen molar-refractivity contribution in [2.24, 2.45) is 5.92 Å².